The van der Waals surface area contributed by atoms with Crippen LogP contribution in [0.3, 0.4) is 0 Å². The number of fused-ring (bicyclic) bond motifs is 2. The number of aromatic nitrogens is 1. The third-order valence-corrected chi connectivity index (χ3v) is 13.5. The molecule has 2 aliphatic heterocycles. The van der Waals surface area contributed by atoms with Crippen molar-refractivity contribution in [2.75, 3.05) is 33.5 Å². The molecule has 1 saturated heterocycles. The van der Waals surface area contributed by atoms with E-state index in [1.54, 1.807) is 6.08 Å². The van der Waals surface area contributed by atoms with Gasteiger partial charge in [0.05, 0.1) is 30.5 Å². The van der Waals surface area contributed by atoms with Gasteiger partial charge in [0.1, 0.15) is 24.1 Å². The Morgan fingerprint density at radius 2 is 1.83 bits per heavy atom. The van der Waals surface area contributed by atoms with E-state index in [4.69, 9.17) is 28.9 Å². The van der Waals surface area contributed by atoms with Crippen LogP contribution >= 0.6 is 0 Å². The number of oxime groups is 1. The Morgan fingerprint density at radius 3 is 2.58 bits per heavy atom. The number of benzene rings is 1. The molecular formula is C48H67N3O8. The molecule has 2 N–H and O–H groups in total. The number of hydrogen-bond donors (Lipinski definition) is 2. The molecule has 2 saturated carbocycles. The van der Waals surface area contributed by atoms with Crippen LogP contribution in [0.4, 0.5) is 0 Å². The summed E-state index contributed by atoms with van der Waals surface area (Å²) in [6.07, 6.45) is 17.9. The van der Waals surface area contributed by atoms with Crippen LogP contribution in [0.25, 0.3) is 0 Å². The molecule has 3 aliphatic carbocycles. The Kier molecular flexibility index (Phi) is 15.2. The Labute approximate surface area is 351 Å². The standard InChI is InChI=1S/C48H67N3O8/c1-4-27-57-48-43(51(3)44(54)24-21-34-15-5-6-16-34)31-41(50-59-45-20-9-12-28-55-45)39-29-35(17-7-10-25-52)38(19-8-11-26-53)46(47(39)48)40-30-37(22-23-42(40)58-48)56-32-36-18-13-14-33(2)49-36/h4,13-14,18,22-23,29-30,34-35,38,43,45-47,52-53H,1,5-12,15-17,19-21,24-28,31-32H2,2-3H3/t35-,38+,43-,45?,46+,47+,48+/m0/s1. The van der Waals surface area contributed by atoms with Gasteiger partial charge in [-0.3, -0.25) is 9.78 Å². The van der Waals surface area contributed by atoms with E-state index in [1.807, 2.05) is 49.2 Å². The molecule has 1 aromatic carbocycles. The van der Waals surface area contributed by atoms with E-state index in [1.165, 1.54) is 25.7 Å². The zero-order valence-corrected chi connectivity index (χ0v) is 35.4. The highest BCUT2D eigenvalue weighted by molar-refractivity contribution is 6.03. The molecule has 0 bridgehead atoms. The molecule has 0 spiro atoms. The van der Waals surface area contributed by atoms with Crippen molar-refractivity contribution in [1.29, 1.82) is 0 Å². The summed E-state index contributed by atoms with van der Waals surface area (Å²) in [5.74, 6) is 0.595. The van der Waals surface area contributed by atoms with Crippen molar-refractivity contribution in [3.05, 3.63) is 77.7 Å². The third kappa shape index (κ3) is 10.1. The first-order valence-corrected chi connectivity index (χ1v) is 22.5. The summed E-state index contributed by atoms with van der Waals surface area (Å²) < 4.78 is 26.9. The highest BCUT2D eigenvalue weighted by Gasteiger charge is 2.65. The number of hydrogen-bond acceptors (Lipinski definition) is 10. The molecule has 1 amide bonds. The molecule has 7 rings (SSSR count). The fraction of sp³-hybridized carbons (Fsp3) is 0.646. The lowest BCUT2D eigenvalue weighted by Crippen LogP contribution is -2.69. The first-order valence-electron chi connectivity index (χ1n) is 22.5. The molecule has 11 heteroatoms. The van der Waals surface area contributed by atoms with Crippen molar-refractivity contribution in [3.63, 3.8) is 0 Å². The maximum Gasteiger partial charge on any atom is 0.239 e. The summed E-state index contributed by atoms with van der Waals surface area (Å²) in [4.78, 5) is 27.2. The zero-order chi connectivity index (χ0) is 41.2. The van der Waals surface area contributed by atoms with Crippen LogP contribution in [0.15, 0.2) is 65.9 Å². The van der Waals surface area contributed by atoms with Crippen LogP contribution in [0.5, 0.6) is 11.5 Å². The number of ether oxygens (including phenoxy) is 4. The summed E-state index contributed by atoms with van der Waals surface area (Å²) in [5, 5.41) is 24.8. The van der Waals surface area contributed by atoms with Gasteiger partial charge in [-0.1, -0.05) is 61.9 Å². The lowest BCUT2D eigenvalue weighted by molar-refractivity contribution is -0.256. The average molecular weight is 814 g/mol. The Hall–Kier alpha value is -3.77. The van der Waals surface area contributed by atoms with E-state index < -0.39 is 18.1 Å². The maximum atomic E-state index is 14.4. The molecule has 1 unspecified atom stereocenters. The molecule has 2 aromatic rings. The number of allylic oxidation sites excluding steroid dienone is 1. The number of aryl methyl sites for hydroxylation is 1. The highest BCUT2D eigenvalue weighted by atomic mass is 16.8. The Balaban J connectivity index is 1.35. The van der Waals surface area contributed by atoms with Crippen LogP contribution in [0, 0.1) is 30.6 Å². The van der Waals surface area contributed by atoms with Gasteiger partial charge in [0, 0.05) is 56.7 Å². The number of rotatable bonds is 20. The number of aliphatic hydroxyl groups excluding tert-OH is 2. The first kappa shape index (κ1) is 43.3. The van der Waals surface area contributed by atoms with Crippen LogP contribution in [0.1, 0.15) is 126 Å². The van der Waals surface area contributed by atoms with Crippen LogP contribution < -0.4 is 9.47 Å². The third-order valence-electron chi connectivity index (χ3n) is 13.5. The largest absolute Gasteiger partial charge is 0.487 e. The van der Waals surface area contributed by atoms with E-state index in [2.05, 4.69) is 23.7 Å². The predicted octanol–water partition coefficient (Wildman–Crippen LogP) is 8.56. The second-order valence-electron chi connectivity index (χ2n) is 17.4. The van der Waals surface area contributed by atoms with Crippen molar-refractivity contribution in [2.45, 2.75) is 140 Å². The summed E-state index contributed by atoms with van der Waals surface area (Å²) in [6.45, 7) is 7.49. The minimum atomic E-state index is -1.27. The summed E-state index contributed by atoms with van der Waals surface area (Å²) >= 11 is 0. The predicted molar refractivity (Wildman–Crippen MR) is 227 cm³/mol. The highest BCUT2D eigenvalue weighted by Crippen LogP contribution is 2.62. The van der Waals surface area contributed by atoms with E-state index in [0.717, 1.165) is 85.4 Å². The van der Waals surface area contributed by atoms with Gasteiger partial charge >= 0.3 is 0 Å². The maximum absolute atomic E-state index is 14.4. The summed E-state index contributed by atoms with van der Waals surface area (Å²) in [6, 6.07) is 11.5. The number of unbranched alkanes of at least 4 members (excludes halogenated alkanes) is 2. The van der Waals surface area contributed by atoms with Crippen LogP contribution in [-0.4, -0.2) is 83.3 Å². The minimum absolute atomic E-state index is 0.0726. The van der Waals surface area contributed by atoms with Crippen LogP contribution in [0.2, 0.25) is 0 Å². The molecule has 322 valence electrons. The van der Waals surface area contributed by atoms with Gasteiger partial charge in [-0.2, -0.15) is 0 Å². The number of amides is 1. The monoisotopic (exact) mass is 813 g/mol. The molecule has 7 atom stereocenters. The fourth-order valence-electron chi connectivity index (χ4n) is 10.5. The Bertz CT molecular complexity index is 1770. The quantitative estimate of drug-likeness (QED) is 0.0767. The second-order valence-corrected chi connectivity index (χ2v) is 17.4. The number of carbonyl (C=O) groups is 1. The number of aliphatic hydroxyl groups is 2. The van der Waals surface area contributed by atoms with Crippen molar-refractivity contribution < 1.29 is 38.8 Å². The van der Waals surface area contributed by atoms with Crippen molar-refractivity contribution in [1.82, 2.24) is 9.88 Å². The van der Waals surface area contributed by atoms with E-state index in [9.17, 15) is 15.0 Å². The van der Waals surface area contributed by atoms with Gasteiger partial charge in [-0.25, -0.2) is 0 Å². The lowest BCUT2D eigenvalue weighted by Gasteiger charge is -2.59. The van der Waals surface area contributed by atoms with Gasteiger partial charge < -0.3 is 38.9 Å². The Morgan fingerprint density at radius 1 is 1.03 bits per heavy atom. The van der Waals surface area contributed by atoms with Crippen molar-refractivity contribution in [3.8, 4) is 11.5 Å². The molecular weight excluding hydrogens is 747 g/mol. The smallest absolute Gasteiger partial charge is 0.239 e. The van der Waals surface area contributed by atoms with Gasteiger partial charge in [0.2, 0.25) is 18.0 Å². The minimum Gasteiger partial charge on any atom is -0.487 e. The number of likely N-dealkylation sites (N-methyl/N-ethyl adjacent to an activating group) is 1. The topological polar surface area (TPSA) is 132 Å². The van der Waals surface area contributed by atoms with Gasteiger partial charge in [-0.15, -0.1) is 6.58 Å². The number of carbonyl (C=O) groups excluding carboxylic acids is 1. The van der Waals surface area contributed by atoms with Gasteiger partial charge in [0.25, 0.3) is 0 Å². The molecule has 5 aliphatic rings. The summed E-state index contributed by atoms with van der Waals surface area (Å²) in [5.41, 5.74) is 4.62. The first-order chi connectivity index (χ1) is 28.8. The van der Waals surface area contributed by atoms with E-state index in [0.29, 0.717) is 50.6 Å². The molecule has 3 fully saturated rings. The SMILES string of the molecule is C=CCO[C@@]12Oc3ccc(OCc4cccc(C)n4)cc3[C@H]3[C@H](CCCCO)[C@@H](CCCCO)C=C(C(=NOC4CCCCO4)C[C@@H]1N(C)C(=O)CCC1CCCC1)[C@H]32. The molecule has 11 nitrogen and oxygen atoms in total. The van der Waals surface area contributed by atoms with E-state index in [-0.39, 0.29) is 49.4 Å². The summed E-state index contributed by atoms with van der Waals surface area (Å²) in [7, 11) is 1.90. The molecule has 3 heterocycles. The zero-order valence-electron chi connectivity index (χ0n) is 35.4. The lowest BCUT2D eigenvalue weighted by atomic mass is 9.55. The van der Waals surface area contributed by atoms with Crippen LogP contribution in [-0.2, 0) is 25.7 Å². The van der Waals surface area contributed by atoms with E-state index >= 15 is 0 Å². The van der Waals surface area contributed by atoms with Gasteiger partial charge in [0.15, 0.2) is 0 Å². The fourth-order valence-corrected chi connectivity index (χ4v) is 10.5. The number of nitrogens with zero attached hydrogens (tertiary/aromatic N) is 3. The van der Waals surface area contributed by atoms with Crippen molar-refractivity contribution >= 4 is 11.6 Å². The molecule has 1 aromatic heterocycles. The van der Waals surface area contributed by atoms with Crippen molar-refractivity contribution in [2.24, 2.45) is 28.8 Å². The second kappa shape index (κ2) is 20.7. The number of pyridine rings is 1. The normalized spacial score (nSPS) is 28.3. The molecule has 59 heavy (non-hydrogen) atoms. The molecule has 0 radical (unpaired) electrons. The average Bonchev–Trinajstić information content (AvgIpc) is 3.78. The van der Waals surface area contributed by atoms with Gasteiger partial charge in [-0.05, 0) is 106 Å².